The van der Waals surface area contributed by atoms with Gasteiger partial charge in [-0.2, -0.15) is 0 Å². The molecule has 1 aromatic carbocycles. The summed E-state index contributed by atoms with van der Waals surface area (Å²) in [6, 6.07) is 6.38. The number of amides is 1. The minimum Gasteiger partial charge on any atom is -0.342 e. The first-order valence-corrected chi connectivity index (χ1v) is 9.00. The van der Waals surface area contributed by atoms with Gasteiger partial charge >= 0.3 is 0 Å². The third-order valence-corrected chi connectivity index (χ3v) is 5.49. The fourth-order valence-electron chi connectivity index (χ4n) is 2.85. The molecule has 1 saturated heterocycles. The number of hydrogen-bond acceptors (Lipinski definition) is 3. The molecular formula is C18H23N3OS. The normalized spacial score (nSPS) is 15.9. The van der Waals surface area contributed by atoms with E-state index in [-0.39, 0.29) is 11.2 Å². The summed E-state index contributed by atoms with van der Waals surface area (Å²) in [5.41, 5.74) is 3.63. The number of aromatic nitrogens is 2. The molecule has 0 N–H and O–H groups in total. The predicted molar refractivity (Wildman–Crippen MR) is 94.2 cm³/mol. The zero-order chi connectivity index (χ0) is 16.4. The third-order valence-electron chi connectivity index (χ3n) is 4.42. The molecule has 1 aliphatic rings. The Balaban J connectivity index is 1.77. The van der Waals surface area contributed by atoms with Gasteiger partial charge in [0.2, 0.25) is 5.91 Å². The number of carbonyl (C=O) groups is 1. The summed E-state index contributed by atoms with van der Waals surface area (Å²) in [5, 5.41) is 0.758. The molecule has 1 unspecified atom stereocenters. The van der Waals surface area contributed by atoms with Crippen LogP contribution in [-0.4, -0.2) is 38.7 Å². The van der Waals surface area contributed by atoms with Crippen LogP contribution in [0.4, 0.5) is 0 Å². The minimum atomic E-state index is -0.110. The molecule has 1 amide bonds. The SMILES string of the molecule is Cc1ccc(-n2ccnc2SC(C)C(=O)N2CCCC2)cc1C. The molecule has 1 aliphatic heterocycles. The Morgan fingerprint density at radius 1 is 1.22 bits per heavy atom. The molecular weight excluding hydrogens is 306 g/mol. The van der Waals surface area contributed by atoms with Crippen molar-refractivity contribution in [2.45, 2.75) is 44.0 Å². The van der Waals surface area contributed by atoms with Crippen LogP contribution in [0.2, 0.25) is 0 Å². The number of carbonyl (C=O) groups excluding carboxylic acids is 1. The smallest absolute Gasteiger partial charge is 0.235 e. The third kappa shape index (κ3) is 3.44. The maximum absolute atomic E-state index is 12.5. The van der Waals surface area contributed by atoms with Crippen molar-refractivity contribution in [3.8, 4) is 5.69 Å². The Kier molecular flexibility index (Phi) is 4.76. The van der Waals surface area contributed by atoms with Gasteiger partial charge in [-0.05, 0) is 56.9 Å². The van der Waals surface area contributed by atoms with Crippen LogP contribution < -0.4 is 0 Å². The molecule has 1 atom stereocenters. The molecule has 122 valence electrons. The molecule has 0 saturated carbocycles. The highest BCUT2D eigenvalue weighted by Gasteiger charge is 2.25. The van der Waals surface area contributed by atoms with Crippen LogP contribution in [0.15, 0.2) is 35.7 Å². The first kappa shape index (κ1) is 16.1. The second-order valence-corrected chi connectivity index (χ2v) is 7.45. The lowest BCUT2D eigenvalue weighted by atomic mass is 10.1. The van der Waals surface area contributed by atoms with Gasteiger partial charge in [-0.1, -0.05) is 17.8 Å². The molecule has 0 radical (unpaired) electrons. The molecule has 5 heteroatoms. The summed E-state index contributed by atoms with van der Waals surface area (Å²) < 4.78 is 2.06. The second kappa shape index (κ2) is 6.79. The predicted octanol–water partition coefficient (Wildman–Crippen LogP) is 3.59. The van der Waals surface area contributed by atoms with Crippen molar-refractivity contribution in [1.82, 2.24) is 14.5 Å². The van der Waals surface area contributed by atoms with E-state index in [1.165, 1.54) is 22.9 Å². The molecule has 4 nitrogen and oxygen atoms in total. The number of hydrogen-bond donors (Lipinski definition) is 0. The van der Waals surface area contributed by atoms with E-state index >= 15 is 0 Å². The van der Waals surface area contributed by atoms with Crippen LogP contribution in [0.5, 0.6) is 0 Å². The number of nitrogens with zero attached hydrogens (tertiary/aromatic N) is 3. The van der Waals surface area contributed by atoms with Crippen molar-refractivity contribution in [1.29, 1.82) is 0 Å². The van der Waals surface area contributed by atoms with Gasteiger partial charge < -0.3 is 4.90 Å². The fourth-order valence-corrected chi connectivity index (χ4v) is 3.82. The summed E-state index contributed by atoms with van der Waals surface area (Å²) in [7, 11) is 0. The quantitative estimate of drug-likeness (QED) is 0.805. The highest BCUT2D eigenvalue weighted by atomic mass is 32.2. The lowest BCUT2D eigenvalue weighted by Gasteiger charge is -2.20. The molecule has 2 heterocycles. The Morgan fingerprint density at radius 2 is 1.96 bits per heavy atom. The van der Waals surface area contributed by atoms with Gasteiger partial charge in [0.25, 0.3) is 0 Å². The minimum absolute atomic E-state index is 0.110. The summed E-state index contributed by atoms with van der Waals surface area (Å²) in [6.07, 6.45) is 6.00. The van der Waals surface area contributed by atoms with Crippen LogP contribution in [0.25, 0.3) is 5.69 Å². The Labute approximate surface area is 141 Å². The van der Waals surface area contributed by atoms with Crippen LogP contribution in [0.3, 0.4) is 0 Å². The maximum atomic E-state index is 12.5. The largest absolute Gasteiger partial charge is 0.342 e. The number of likely N-dealkylation sites (tertiary alicyclic amines) is 1. The second-order valence-electron chi connectivity index (χ2n) is 6.14. The molecule has 1 fully saturated rings. The number of rotatable bonds is 4. The van der Waals surface area contributed by atoms with Crippen molar-refractivity contribution in [3.63, 3.8) is 0 Å². The molecule has 1 aromatic heterocycles. The molecule has 0 aliphatic carbocycles. The van der Waals surface area contributed by atoms with E-state index in [4.69, 9.17) is 0 Å². The molecule has 23 heavy (non-hydrogen) atoms. The molecule has 2 aromatic rings. The zero-order valence-electron chi connectivity index (χ0n) is 14.0. The first-order chi connectivity index (χ1) is 11.1. The van der Waals surface area contributed by atoms with E-state index in [0.29, 0.717) is 0 Å². The molecule has 3 rings (SSSR count). The summed E-state index contributed by atoms with van der Waals surface area (Å²) in [5.74, 6) is 0.224. The maximum Gasteiger partial charge on any atom is 0.235 e. The van der Waals surface area contributed by atoms with E-state index in [2.05, 4.69) is 41.6 Å². The fraction of sp³-hybridized carbons (Fsp3) is 0.444. The van der Waals surface area contributed by atoms with Gasteiger partial charge in [0.15, 0.2) is 5.16 Å². The lowest BCUT2D eigenvalue weighted by Crippen LogP contribution is -2.34. The van der Waals surface area contributed by atoms with Gasteiger partial charge in [0.05, 0.1) is 5.25 Å². The van der Waals surface area contributed by atoms with Gasteiger partial charge in [-0.15, -0.1) is 0 Å². The van der Waals surface area contributed by atoms with Crippen molar-refractivity contribution in [2.24, 2.45) is 0 Å². The zero-order valence-corrected chi connectivity index (χ0v) is 14.8. The topological polar surface area (TPSA) is 38.1 Å². The highest BCUT2D eigenvalue weighted by molar-refractivity contribution is 8.00. The Bertz CT molecular complexity index is 704. The van der Waals surface area contributed by atoms with Crippen LogP contribution in [0, 0.1) is 13.8 Å². The van der Waals surface area contributed by atoms with Crippen molar-refractivity contribution < 1.29 is 4.79 Å². The van der Waals surface area contributed by atoms with E-state index in [1.807, 2.05) is 18.0 Å². The monoisotopic (exact) mass is 329 g/mol. The summed E-state index contributed by atoms with van der Waals surface area (Å²) >= 11 is 1.54. The van der Waals surface area contributed by atoms with Crippen molar-refractivity contribution >= 4 is 17.7 Å². The average molecular weight is 329 g/mol. The summed E-state index contributed by atoms with van der Waals surface area (Å²) in [6.45, 7) is 8.00. The lowest BCUT2D eigenvalue weighted by molar-refractivity contribution is -0.129. The summed E-state index contributed by atoms with van der Waals surface area (Å²) in [4.78, 5) is 18.9. The van der Waals surface area contributed by atoms with Crippen LogP contribution >= 0.6 is 11.8 Å². The number of thioether (sulfide) groups is 1. The van der Waals surface area contributed by atoms with Crippen molar-refractivity contribution in [2.75, 3.05) is 13.1 Å². The molecule has 0 bridgehead atoms. The first-order valence-electron chi connectivity index (χ1n) is 8.12. The van der Waals surface area contributed by atoms with Gasteiger partial charge in [0, 0.05) is 31.2 Å². The van der Waals surface area contributed by atoms with Crippen molar-refractivity contribution in [3.05, 3.63) is 41.7 Å². The highest BCUT2D eigenvalue weighted by Crippen LogP contribution is 2.27. The number of aryl methyl sites for hydroxylation is 2. The Morgan fingerprint density at radius 3 is 2.65 bits per heavy atom. The standard InChI is InChI=1S/C18H23N3OS/c1-13-6-7-16(12-14(13)2)21-11-8-19-18(21)23-15(3)17(22)20-9-4-5-10-20/h6-8,11-12,15H,4-5,9-10H2,1-3H3. The van der Waals surface area contributed by atoms with E-state index in [0.717, 1.165) is 36.8 Å². The van der Waals surface area contributed by atoms with Gasteiger partial charge in [-0.25, -0.2) is 4.98 Å². The number of imidazole rings is 1. The molecule has 0 spiro atoms. The van der Waals surface area contributed by atoms with E-state index < -0.39 is 0 Å². The van der Waals surface area contributed by atoms with Crippen LogP contribution in [-0.2, 0) is 4.79 Å². The van der Waals surface area contributed by atoms with Gasteiger partial charge in [0.1, 0.15) is 0 Å². The average Bonchev–Trinajstić information content (AvgIpc) is 3.20. The van der Waals surface area contributed by atoms with E-state index in [9.17, 15) is 4.79 Å². The number of benzene rings is 1. The van der Waals surface area contributed by atoms with E-state index in [1.54, 1.807) is 6.20 Å². The Hall–Kier alpha value is -1.75. The van der Waals surface area contributed by atoms with Crippen LogP contribution in [0.1, 0.15) is 30.9 Å². The van der Waals surface area contributed by atoms with Gasteiger partial charge in [-0.3, -0.25) is 9.36 Å².